The van der Waals surface area contributed by atoms with Crippen LogP contribution < -0.4 is 4.74 Å². The fourth-order valence-corrected chi connectivity index (χ4v) is 1.42. The lowest BCUT2D eigenvalue weighted by Crippen LogP contribution is -2.08. The SMILES string of the molecule is Cc1c(F)cc(OC(=O)c2ccccc2)cc1F. The Kier molecular flexibility index (Phi) is 3.37. The van der Waals surface area contributed by atoms with E-state index in [-0.39, 0.29) is 11.3 Å². The van der Waals surface area contributed by atoms with Gasteiger partial charge in [0.2, 0.25) is 0 Å². The molecular formula is C14H10F2O2. The molecule has 0 unspecified atom stereocenters. The molecule has 0 heterocycles. The Bertz CT molecular complexity index is 557. The zero-order valence-electron chi connectivity index (χ0n) is 9.61. The van der Waals surface area contributed by atoms with Crippen molar-refractivity contribution in [2.45, 2.75) is 6.92 Å². The molecule has 0 aliphatic carbocycles. The van der Waals surface area contributed by atoms with Crippen molar-refractivity contribution < 1.29 is 18.3 Å². The van der Waals surface area contributed by atoms with Crippen LogP contribution in [-0.2, 0) is 0 Å². The Hall–Kier alpha value is -2.23. The highest BCUT2D eigenvalue weighted by Gasteiger charge is 2.12. The predicted molar refractivity (Wildman–Crippen MR) is 62.5 cm³/mol. The highest BCUT2D eigenvalue weighted by atomic mass is 19.1. The van der Waals surface area contributed by atoms with Gasteiger partial charge in [0.15, 0.2) is 0 Å². The van der Waals surface area contributed by atoms with E-state index < -0.39 is 17.6 Å². The number of ether oxygens (including phenoxy) is 1. The molecule has 0 saturated heterocycles. The van der Waals surface area contributed by atoms with Crippen molar-refractivity contribution in [2.24, 2.45) is 0 Å². The highest BCUT2D eigenvalue weighted by molar-refractivity contribution is 5.90. The summed E-state index contributed by atoms with van der Waals surface area (Å²) in [6.07, 6.45) is 0. The van der Waals surface area contributed by atoms with Crippen LogP contribution in [0.2, 0.25) is 0 Å². The quantitative estimate of drug-likeness (QED) is 0.600. The first-order valence-corrected chi connectivity index (χ1v) is 5.31. The average Bonchev–Trinajstić information content (AvgIpc) is 2.37. The van der Waals surface area contributed by atoms with Gasteiger partial charge in [0.25, 0.3) is 0 Å². The molecule has 0 spiro atoms. The summed E-state index contributed by atoms with van der Waals surface area (Å²) in [5.41, 5.74) is 0.216. The molecular weight excluding hydrogens is 238 g/mol. The average molecular weight is 248 g/mol. The third kappa shape index (κ3) is 2.53. The number of benzene rings is 2. The summed E-state index contributed by atoms with van der Waals surface area (Å²) in [7, 11) is 0. The van der Waals surface area contributed by atoms with Crippen LogP contribution in [0.5, 0.6) is 5.75 Å². The Morgan fingerprint density at radius 3 is 2.17 bits per heavy atom. The lowest BCUT2D eigenvalue weighted by Gasteiger charge is -2.06. The van der Waals surface area contributed by atoms with Gasteiger partial charge in [-0.2, -0.15) is 0 Å². The molecule has 0 aromatic heterocycles. The summed E-state index contributed by atoms with van der Waals surface area (Å²) in [4.78, 5) is 11.7. The summed E-state index contributed by atoms with van der Waals surface area (Å²) in [5.74, 6) is -2.29. The topological polar surface area (TPSA) is 26.3 Å². The van der Waals surface area contributed by atoms with Gasteiger partial charge in [-0.15, -0.1) is 0 Å². The number of hydrogen-bond donors (Lipinski definition) is 0. The van der Waals surface area contributed by atoms with Crippen LogP contribution in [0.4, 0.5) is 8.78 Å². The van der Waals surface area contributed by atoms with Crippen LogP contribution in [-0.4, -0.2) is 5.97 Å². The van der Waals surface area contributed by atoms with E-state index in [1.165, 1.54) is 6.92 Å². The van der Waals surface area contributed by atoms with Gasteiger partial charge in [-0.3, -0.25) is 0 Å². The molecule has 0 atom stereocenters. The molecule has 0 saturated carbocycles. The number of halogens is 2. The van der Waals surface area contributed by atoms with Crippen molar-refractivity contribution in [2.75, 3.05) is 0 Å². The van der Waals surface area contributed by atoms with E-state index in [1.54, 1.807) is 30.3 Å². The predicted octanol–water partition coefficient (Wildman–Crippen LogP) is 3.49. The lowest BCUT2D eigenvalue weighted by atomic mass is 10.2. The van der Waals surface area contributed by atoms with Gasteiger partial charge < -0.3 is 4.74 Å². The van der Waals surface area contributed by atoms with Gasteiger partial charge in [-0.05, 0) is 19.1 Å². The second-order valence-corrected chi connectivity index (χ2v) is 3.77. The first-order valence-electron chi connectivity index (χ1n) is 5.31. The van der Waals surface area contributed by atoms with Crippen molar-refractivity contribution in [1.82, 2.24) is 0 Å². The minimum absolute atomic E-state index is 0.102. The van der Waals surface area contributed by atoms with Crippen molar-refractivity contribution >= 4 is 5.97 Å². The van der Waals surface area contributed by atoms with E-state index >= 15 is 0 Å². The Morgan fingerprint density at radius 1 is 1.06 bits per heavy atom. The second-order valence-electron chi connectivity index (χ2n) is 3.77. The van der Waals surface area contributed by atoms with Gasteiger partial charge in [-0.1, -0.05) is 18.2 Å². The van der Waals surface area contributed by atoms with Crippen LogP contribution in [0.3, 0.4) is 0 Å². The van der Waals surface area contributed by atoms with E-state index in [2.05, 4.69) is 0 Å². The third-order valence-electron chi connectivity index (χ3n) is 2.47. The zero-order chi connectivity index (χ0) is 13.1. The Labute approximate surface area is 103 Å². The standard InChI is InChI=1S/C14H10F2O2/c1-9-12(15)7-11(8-13(9)16)18-14(17)10-5-3-2-4-6-10/h2-8H,1H3. The second kappa shape index (κ2) is 4.96. The fraction of sp³-hybridized carbons (Fsp3) is 0.0714. The molecule has 4 heteroatoms. The molecule has 0 bridgehead atoms. The van der Waals surface area contributed by atoms with Crippen LogP contribution in [0.25, 0.3) is 0 Å². The summed E-state index contributed by atoms with van der Waals surface area (Å²) < 4.78 is 31.4. The molecule has 2 aromatic rings. The summed E-state index contributed by atoms with van der Waals surface area (Å²) >= 11 is 0. The molecule has 0 amide bonds. The minimum Gasteiger partial charge on any atom is -0.423 e. The van der Waals surface area contributed by atoms with Crippen molar-refractivity contribution in [3.05, 3.63) is 65.2 Å². The van der Waals surface area contributed by atoms with Crippen molar-refractivity contribution in [3.8, 4) is 5.75 Å². The Morgan fingerprint density at radius 2 is 1.61 bits per heavy atom. The normalized spacial score (nSPS) is 10.2. The maximum absolute atomic E-state index is 13.3. The van der Waals surface area contributed by atoms with E-state index in [0.717, 1.165) is 12.1 Å². The zero-order valence-corrected chi connectivity index (χ0v) is 9.61. The number of carbonyl (C=O) groups excluding carboxylic acids is 1. The van der Waals surface area contributed by atoms with E-state index in [1.807, 2.05) is 0 Å². The number of rotatable bonds is 2. The first kappa shape index (κ1) is 12.2. The number of carbonyl (C=O) groups is 1. The molecule has 2 nitrogen and oxygen atoms in total. The molecule has 2 aromatic carbocycles. The maximum Gasteiger partial charge on any atom is 0.343 e. The number of hydrogen-bond acceptors (Lipinski definition) is 2. The molecule has 0 fully saturated rings. The van der Waals surface area contributed by atoms with E-state index in [0.29, 0.717) is 5.56 Å². The number of esters is 1. The van der Waals surface area contributed by atoms with Gasteiger partial charge in [0, 0.05) is 17.7 Å². The monoisotopic (exact) mass is 248 g/mol. The molecule has 92 valence electrons. The molecule has 0 N–H and O–H groups in total. The maximum atomic E-state index is 13.3. The first-order chi connectivity index (χ1) is 8.58. The summed E-state index contributed by atoms with van der Waals surface area (Å²) in [6.45, 7) is 1.31. The van der Waals surface area contributed by atoms with Crippen LogP contribution in [0, 0.1) is 18.6 Å². The van der Waals surface area contributed by atoms with Crippen molar-refractivity contribution in [3.63, 3.8) is 0 Å². The third-order valence-corrected chi connectivity index (χ3v) is 2.47. The smallest absolute Gasteiger partial charge is 0.343 e. The van der Waals surface area contributed by atoms with Gasteiger partial charge in [0.05, 0.1) is 5.56 Å². The fourth-order valence-electron chi connectivity index (χ4n) is 1.42. The molecule has 0 aliphatic rings. The van der Waals surface area contributed by atoms with E-state index in [4.69, 9.17) is 4.74 Å². The van der Waals surface area contributed by atoms with Crippen molar-refractivity contribution in [1.29, 1.82) is 0 Å². The molecule has 2 rings (SSSR count). The summed E-state index contributed by atoms with van der Waals surface area (Å²) in [5, 5.41) is 0. The largest absolute Gasteiger partial charge is 0.423 e. The highest BCUT2D eigenvalue weighted by Crippen LogP contribution is 2.20. The van der Waals surface area contributed by atoms with Crippen LogP contribution in [0.15, 0.2) is 42.5 Å². The van der Waals surface area contributed by atoms with E-state index in [9.17, 15) is 13.6 Å². The van der Waals surface area contributed by atoms with Crippen LogP contribution >= 0.6 is 0 Å². The molecule has 0 aliphatic heterocycles. The summed E-state index contributed by atoms with van der Waals surface area (Å²) in [6, 6.07) is 10.2. The minimum atomic E-state index is -0.745. The molecule has 0 radical (unpaired) electrons. The van der Waals surface area contributed by atoms with Gasteiger partial charge >= 0.3 is 5.97 Å². The Balaban J connectivity index is 2.23. The van der Waals surface area contributed by atoms with Gasteiger partial charge in [-0.25, -0.2) is 13.6 Å². The lowest BCUT2D eigenvalue weighted by molar-refractivity contribution is 0.0734. The van der Waals surface area contributed by atoms with Gasteiger partial charge in [0.1, 0.15) is 17.4 Å². The molecule has 18 heavy (non-hydrogen) atoms. The van der Waals surface area contributed by atoms with Crippen LogP contribution in [0.1, 0.15) is 15.9 Å².